The average molecular weight is 295 g/mol. The van der Waals surface area contributed by atoms with Gasteiger partial charge in [-0.1, -0.05) is 6.92 Å². The van der Waals surface area contributed by atoms with Gasteiger partial charge in [-0.15, -0.1) is 10.2 Å². The third kappa shape index (κ3) is 4.17. The first-order chi connectivity index (χ1) is 10.3. The molecule has 21 heavy (non-hydrogen) atoms. The van der Waals surface area contributed by atoms with Crippen molar-refractivity contribution in [2.24, 2.45) is 0 Å². The largest absolute Gasteiger partial charge is 0.396 e. The van der Waals surface area contributed by atoms with Crippen LogP contribution in [0.1, 0.15) is 38.4 Å². The lowest BCUT2D eigenvalue weighted by molar-refractivity contribution is 0.131. The first kappa shape index (κ1) is 15.8. The third-order valence-corrected chi connectivity index (χ3v) is 3.99. The van der Waals surface area contributed by atoms with Crippen molar-refractivity contribution in [1.82, 2.24) is 25.0 Å². The number of carbonyl (C=O) groups excluding carboxylic acids is 1. The molecule has 2 amide bonds. The Morgan fingerprint density at radius 2 is 2.38 bits per heavy atom. The lowest BCUT2D eigenvalue weighted by Gasteiger charge is -2.35. The van der Waals surface area contributed by atoms with E-state index in [4.69, 9.17) is 5.11 Å². The van der Waals surface area contributed by atoms with Gasteiger partial charge in [-0.05, 0) is 25.7 Å². The van der Waals surface area contributed by atoms with E-state index in [1.807, 2.05) is 16.4 Å². The van der Waals surface area contributed by atoms with Crippen LogP contribution in [0.15, 0.2) is 6.33 Å². The van der Waals surface area contributed by atoms with Gasteiger partial charge >= 0.3 is 6.03 Å². The highest BCUT2D eigenvalue weighted by atomic mass is 16.3. The van der Waals surface area contributed by atoms with E-state index in [1.165, 1.54) is 0 Å². The van der Waals surface area contributed by atoms with E-state index in [0.717, 1.165) is 38.1 Å². The molecule has 7 nitrogen and oxygen atoms in total. The van der Waals surface area contributed by atoms with Crippen LogP contribution in [0.3, 0.4) is 0 Å². The van der Waals surface area contributed by atoms with Gasteiger partial charge in [0.1, 0.15) is 12.2 Å². The fraction of sp³-hybridized carbons (Fsp3) is 0.786. The summed E-state index contributed by atoms with van der Waals surface area (Å²) in [6.45, 7) is 4.19. The summed E-state index contributed by atoms with van der Waals surface area (Å²) in [6.07, 6.45) is 6.35. The van der Waals surface area contributed by atoms with Gasteiger partial charge in [-0.3, -0.25) is 0 Å². The van der Waals surface area contributed by atoms with Gasteiger partial charge in [0.05, 0.1) is 0 Å². The number of rotatable bonds is 6. The maximum absolute atomic E-state index is 12.3. The number of aliphatic hydroxyl groups excluding tert-OH is 1. The predicted molar refractivity (Wildman–Crippen MR) is 78.8 cm³/mol. The van der Waals surface area contributed by atoms with Crippen LogP contribution in [0.25, 0.3) is 0 Å². The van der Waals surface area contributed by atoms with Gasteiger partial charge in [0, 0.05) is 38.7 Å². The first-order valence-corrected chi connectivity index (χ1v) is 7.78. The van der Waals surface area contributed by atoms with Gasteiger partial charge in [0.15, 0.2) is 0 Å². The van der Waals surface area contributed by atoms with Crippen LogP contribution < -0.4 is 5.32 Å². The molecule has 0 aromatic carbocycles. The van der Waals surface area contributed by atoms with E-state index < -0.39 is 0 Å². The topological polar surface area (TPSA) is 83.3 Å². The number of amides is 2. The van der Waals surface area contributed by atoms with Crippen LogP contribution in [-0.2, 0) is 13.0 Å². The second kappa shape index (κ2) is 7.97. The summed E-state index contributed by atoms with van der Waals surface area (Å²) in [4.78, 5) is 14.1. The molecule has 1 atom stereocenters. The minimum Gasteiger partial charge on any atom is -0.396 e. The summed E-state index contributed by atoms with van der Waals surface area (Å²) < 4.78 is 1.96. The number of carbonyl (C=O) groups is 1. The molecule has 1 aromatic heterocycles. The van der Waals surface area contributed by atoms with Crippen molar-refractivity contribution in [2.45, 2.75) is 51.6 Å². The minimum atomic E-state index is -0.0285. The molecule has 1 aliphatic rings. The highest BCUT2D eigenvalue weighted by molar-refractivity contribution is 5.74. The fourth-order valence-corrected chi connectivity index (χ4v) is 2.84. The van der Waals surface area contributed by atoms with Crippen LogP contribution in [0, 0.1) is 0 Å². The Kier molecular flexibility index (Phi) is 5.98. The molecule has 1 saturated heterocycles. The molecule has 7 heteroatoms. The Balaban J connectivity index is 1.80. The number of likely N-dealkylation sites (tertiary alicyclic amines) is 1. The number of aromatic nitrogens is 3. The van der Waals surface area contributed by atoms with Crippen LogP contribution in [0.4, 0.5) is 4.79 Å². The molecule has 0 bridgehead atoms. The molecular formula is C14H25N5O2. The summed E-state index contributed by atoms with van der Waals surface area (Å²) in [6, 6.07) is 0.143. The van der Waals surface area contributed by atoms with Crippen molar-refractivity contribution < 1.29 is 9.90 Å². The van der Waals surface area contributed by atoms with E-state index in [2.05, 4.69) is 15.5 Å². The molecule has 118 valence electrons. The van der Waals surface area contributed by atoms with Gasteiger partial charge in [0.25, 0.3) is 0 Å². The number of nitrogens with one attached hydrogen (secondary N) is 1. The summed E-state index contributed by atoms with van der Waals surface area (Å²) in [5.41, 5.74) is 0. The number of aryl methyl sites for hydroxylation is 1. The monoisotopic (exact) mass is 295 g/mol. The molecule has 1 aliphatic heterocycles. The lowest BCUT2D eigenvalue weighted by atomic mass is 10.0. The molecule has 1 fully saturated rings. The zero-order valence-electron chi connectivity index (χ0n) is 12.7. The number of hydrogen-bond donors (Lipinski definition) is 2. The van der Waals surface area contributed by atoms with E-state index in [0.29, 0.717) is 19.5 Å². The summed E-state index contributed by atoms with van der Waals surface area (Å²) in [5, 5.41) is 20.0. The Hall–Kier alpha value is -1.63. The molecule has 2 rings (SSSR count). The zero-order valence-corrected chi connectivity index (χ0v) is 12.7. The van der Waals surface area contributed by atoms with Crippen molar-refractivity contribution in [2.75, 3.05) is 19.7 Å². The number of urea groups is 1. The average Bonchev–Trinajstić information content (AvgIpc) is 2.95. The van der Waals surface area contributed by atoms with Crippen LogP contribution in [0.5, 0.6) is 0 Å². The van der Waals surface area contributed by atoms with Crippen LogP contribution in [0.2, 0.25) is 0 Å². The molecule has 0 saturated carbocycles. The molecule has 2 N–H and O–H groups in total. The summed E-state index contributed by atoms with van der Waals surface area (Å²) in [5.74, 6) is 0.931. The maximum Gasteiger partial charge on any atom is 0.317 e. The number of nitrogens with zero attached hydrogens (tertiary/aromatic N) is 4. The summed E-state index contributed by atoms with van der Waals surface area (Å²) >= 11 is 0. The molecule has 1 unspecified atom stereocenters. The SMILES string of the molecule is CCc1nncn1CCNC(=O)N1CCCCC1CCO. The second-order valence-corrected chi connectivity index (χ2v) is 5.38. The van der Waals surface area contributed by atoms with Crippen molar-refractivity contribution in [1.29, 1.82) is 0 Å². The van der Waals surface area contributed by atoms with Gasteiger partial charge < -0.3 is 19.9 Å². The summed E-state index contributed by atoms with van der Waals surface area (Å²) in [7, 11) is 0. The Morgan fingerprint density at radius 3 is 3.14 bits per heavy atom. The van der Waals surface area contributed by atoms with Gasteiger partial charge in [-0.25, -0.2) is 4.79 Å². The van der Waals surface area contributed by atoms with Gasteiger partial charge in [0.2, 0.25) is 0 Å². The molecule has 1 aromatic rings. The molecular weight excluding hydrogens is 270 g/mol. The van der Waals surface area contributed by atoms with Gasteiger partial charge in [-0.2, -0.15) is 0 Å². The highest BCUT2D eigenvalue weighted by Crippen LogP contribution is 2.19. The number of piperidine rings is 1. The Morgan fingerprint density at radius 1 is 1.52 bits per heavy atom. The zero-order chi connectivity index (χ0) is 15.1. The molecule has 0 spiro atoms. The smallest absolute Gasteiger partial charge is 0.317 e. The van der Waals surface area contributed by atoms with Crippen LogP contribution >= 0.6 is 0 Å². The third-order valence-electron chi connectivity index (χ3n) is 3.99. The number of aliphatic hydroxyl groups is 1. The molecule has 0 aliphatic carbocycles. The van der Waals surface area contributed by atoms with E-state index >= 15 is 0 Å². The predicted octanol–water partition coefficient (Wildman–Crippen LogP) is 0.787. The Labute approximate surface area is 125 Å². The van der Waals surface area contributed by atoms with Crippen molar-refractivity contribution in [3.63, 3.8) is 0 Å². The fourth-order valence-electron chi connectivity index (χ4n) is 2.84. The minimum absolute atomic E-state index is 0.0285. The van der Waals surface area contributed by atoms with Crippen molar-refractivity contribution in [3.05, 3.63) is 12.2 Å². The molecule has 0 radical (unpaired) electrons. The maximum atomic E-state index is 12.3. The van der Waals surface area contributed by atoms with Crippen molar-refractivity contribution >= 4 is 6.03 Å². The highest BCUT2D eigenvalue weighted by Gasteiger charge is 2.25. The Bertz CT molecular complexity index is 446. The van der Waals surface area contributed by atoms with E-state index in [1.54, 1.807) is 6.33 Å². The second-order valence-electron chi connectivity index (χ2n) is 5.38. The normalized spacial score (nSPS) is 18.8. The van der Waals surface area contributed by atoms with Crippen LogP contribution in [-0.4, -0.2) is 56.5 Å². The van der Waals surface area contributed by atoms with E-state index in [-0.39, 0.29) is 18.7 Å². The molecule has 2 heterocycles. The number of hydrogen-bond acceptors (Lipinski definition) is 4. The van der Waals surface area contributed by atoms with E-state index in [9.17, 15) is 4.79 Å². The quantitative estimate of drug-likeness (QED) is 0.812. The first-order valence-electron chi connectivity index (χ1n) is 7.78. The van der Waals surface area contributed by atoms with Crippen molar-refractivity contribution in [3.8, 4) is 0 Å². The standard InChI is InChI=1S/C14H25N5O2/c1-2-13-17-16-11-18(13)9-7-15-14(21)19-8-4-3-5-12(19)6-10-20/h11-12,20H,2-10H2,1H3,(H,15,21). The lowest BCUT2D eigenvalue weighted by Crippen LogP contribution is -2.49.